The van der Waals surface area contributed by atoms with E-state index in [0.29, 0.717) is 25.7 Å². The fourth-order valence-electron chi connectivity index (χ4n) is 18.1. The molecule has 5 saturated heterocycles. The molecule has 5 aliphatic heterocycles. The summed E-state index contributed by atoms with van der Waals surface area (Å²) in [5.41, 5.74) is -1.34. The minimum Gasteiger partial charge on any atom is -0.479 e. The number of aliphatic hydroxyl groups is 15. The second-order valence-electron chi connectivity index (χ2n) is 29.2. The van der Waals surface area contributed by atoms with Crippen molar-refractivity contribution in [2.45, 2.75) is 286 Å². The Morgan fingerprint density at radius 3 is 1.62 bits per heavy atom. The normalized spacial score (nSPS) is 56.0. The molecule has 0 spiro atoms. The fraction of sp³-hybridized carbons (Fsp3) is 0.950. The molecule has 10 aliphatic rings. The molecule has 35 atom stereocenters. The number of hydrogen-bond donors (Lipinski definition) is 16. The lowest BCUT2D eigenvalue weighted by Crippen LogP contribution is -2.68. The molecule has 0 amide bonds. The van der Waals surface area contributed by atoms with Crippen LogP contribution in [0.25, 0.3) is 0 Å². The topological polar surface area (TPSA) is 433 Å². The first-order chi connectivity index (χ1) is 40.7. The second kappa shape index (κ2) is 24.8. The summed E-state index contributed by atoms with van der Waals surface area (Å²) in [6.45, 7) is 16.7. The number of carbonyl (C=O) groups is 1. The van der Waals surface area contributed by atoms with E-state index < -0.39 is 201 Å². The molecule has 0 aromatic carbocycles. The molecule has 9 fully saturated rings. The van der Waals surface area contributed by atoms with Gasteiger partial charge in [0.25, 0.3) is 0 Å². The number of hydrogen-bond acceptors (Lipinski definition) is 26. The van der Waals surface area contributed by atoms with Gasteiger partial charge in [0.2, 0.25) is 0 Å². The number of ether oxygens (including phenoxy) is 10. The van der Waals surface area contributed by atoms with Crippen LogP contribution in [-0.4, -0.2) is 273 Å². The molecule has 27 heteroatoms. The van der Waals surface area contributed by atoms with E-state index in [1.165, 1.54) is 12.5 Å². The average Bonchev–Trinajstić information content (AvgIpc) is 0.679. The lowest BCUT2D eigenvalue weighted by Gasteiger charge is -2.72. The van der Waals surface area contributed by atoms with E-state index >= 15 is 0 Å². The van der Waals surface area contributed by atoms with Crippen molar-refractivity contribution in [2.24, 2.45) is 50.2 Å². The Labute approximate surface area is 506 Å². The third kappa shape index (κ3) is 11.3. The Kier molecular flexibility index (Phi) is 19.4. The Balaban J connectivity index is 0.875. The van der Waals surface area contributed by atoms with Gasteiger partial charge in [0.1, 0.15) is 104 Å². The Morgan fingerprint density at radius 1 is 0.494 bits per heavy atom. The van der Waals surface area contributed by atoms with Gasteiger partial charge in [0, 0.05) is 10.8 Å². The van der Waals surface area contributed by atoms with Gasteiger partial charge in [-0.1, -0.05) is 60.1 Å². The van der Waals surface area contributed by atoms with Crippen molar-refractivity contribution in [3.05, 3.63) is 11.6 Å². The van der Waals surface area contributed by atoms with Crippen LogP contribution in [0.2, 0.25) is 0 Å². The van der Waals surface area contributed by atoms with Crippen LogP contribution in [-0.2, 0) is 52.2 Å². The SMILES string of the molecule is CC1OC(OC2C(OC3C(OC4CCC5(C)C(CCC6(C)C5CC=C5C7CC(C)(C)CC(OC8OC(C)C(OC9OC(CO)C(O)C(O)C9O)C(O)C8O)C7(C)CCC56C)C4(C)CO)OC(C(=O)O)C(O)C3O)OC(CO)C(O)C2O)C(O)C(O)C1O. The summed E-state index contributed by atoms with van der Waals surface area (Å²) in [6, 6.07) is 0. The number of fused-ring (bicyclic) bond motifs is 7. The van der Waals surface area contributed by atoms with Gasteiger partial charge >= 0.3 is 5.97 Å². The first-order valence-corrected chi connectivity index (χ1v) is 31.1. The van der Waals surface area contributed by atoms with Crippen molar-refractivity contribution >= 4 is 5.97 Å². The lowest BCUT2D eigenvalue weighted by atomic mass is 9.33. The number of aliphatic carboxylic acids is 1. The number of carboxylic acids is 1. The van der Waals surface area contributed by atoms with E-state index in [0.717, 1.165) is 32.1 Å². The maximum absolute atomic E-state index is 12.6. The fourth-order valence-corrected chi connectivity index (χ4v) is 18.1. The molecule has 27 nitrogen and oxygen atoms in total. The summed E-state index contributed by atoms with van der Waals surface area (Å²) in [4.78, 5) is 12.6. The second-order valence-corrected chi connectivity index (χ2v) is 29.2. The Morgan fingerprint density at radius 2 is 1.00 bits per heavy atom. The van der Waals surface area contributed by atoms with Crippen molar-refractivity contribution in [3.63, 3.8) is 0 Å². The van der Waals surface area contributed by atoms with Crippen LogP contribution in [0.15, 0.2) is 11.6 Å². The number of allylic oxidation sites excluding steroid dienone is 2. The predicted molar refractivity (Wildman–Crippen MR) is 294 cm³/mol. The largest absolute Gasteiger partial charge is 0.479 e. The standard InChI is InChI=1S/C60H98O27/c1-23-33(64)36(67)42(73)51(78-23)86-47-38(69)35(66)28(21-62)81-53(47)87-48-40(71)39(70)46(49(76)77)85-54(48)82-31-13-14-57(6)29(58(31,7)22-63)12-15-60(9)30(57)11-10-25-26-18-55(3,4)19-32(56(26,5)16-17-59(25,60)8)83-50-44(75)41(72)45(24(2)79-50)84-52-43(74)37(68)34(65)27(20-61)80-52/h10,23-24,26-48,50-54,61-75H,11-22H2,1-9H3,(H,76,77). The molecular weight excluding hydrogens is 1150 g/mol. The molecule has 0 bridgehead atoms. The van der Waals surface area contributed by atoms with E-state index in [2.05, 4.69) is 47.6 Å². The van der Waals surface area contributed by atoms with Crippen LogP contribution in [0.5, 0.6) is 0 Å². The van der Waals surface area contributed by atoms with E-state index in [9.17, 15) is 86.5 Å². The minimum atomic E-state index is -2.12. The quantitative estimate of drug-likeness (QED) is 0.0625. The van der Waals surface area contributed by atoms with Crippen molar-refractivity contribution < 1.29 is 134 Å². The monoisotopic (exact) mass is 1250 g/mol. The highest BCUT2D eigenvalue weighted by molar-refractivity contribution is 5.73. The lowest BCUT2D eigenvalue weighted by molar-refractivity contribution is -0.396. The van der Waals surface area contributed by atoms with Crippen molar-refractivity contribution in [1.82, 2.24) is 0 Å². The molecule has 5 heterocycles. The molecule has 0 aromatic rings. The zero-order chi connectivity index (χ0) is 63.7. The average molecular weight is 1250 g/mol. The summed E-state index contributed by atoms with van der Waals surface area (Å²) in [5, 5.41) is 174. The molecule has 10 rings (SSSR count). The number of rotatable bonds is 14. The van der Waals surface area contributed by atoms with E-state index in [1.807, 2.05) is 6.92 Å². The maximum atomic E-state index is 12.6. The molecular formula is C60H98O27. The molecule has 4 saturated carbocycles. The summed E-state index contributed by atoms with van der Waals surface area (Å²) in [7, 11) is 0. The first kappa shape index (κ1) is 68.1. The van der Waals surface area contributed by atoms with Crippen LogP contribution >= 0.6 is 0 Å². The van der Waals surface area contributed by atoms with Gasteiger partial charge in [-0.15, -0.1) is 0 Å². The number of carboxylic acid groups (broad SMARTS) is 1. The van der Waals surface area contributed by atoms with Crippen LogP contribution in [0, 0.1) is 50.2 Å². The van der Waals surface area contributed by atoms with E-state index in [1.54, 1.807) is 6.92 Å². The van der Waals surface area contributed by atoms with Gasteiger partial charge in [-0.05, 0) is 111 Å². The third-order valence-corrected chi connectivity index (χ3v) is 23.7. The van der Waals surface area contributed by atoms with Gasteiger partial charge in [-0.2, -0.15) is 0 Å². The van der Waals surface area contributed by atoms with Crippen molar-refractivity contribution in [3.8, 4) is 0 Å². The van der Waals surface area contributed by atoms with Gasteiger partial charge in [-0.25, -0.2) is 4.79 Å². The zero-order valence-electron chi connectivity index (χ0n) is 51.0. The van der Waals surface area contributed by atoms with Gasteiger partial charge in [-0.3, -0.25) is 0 Å². The first-order valence-electron chi connectivity index (χ1n) is 31.1. The highest BCUT2D eigenvalue weighted by Gasteiger charge is 2.70. The van der Waals surface area contributed by atoms with Crippen LogP contribution in [0.3, 0.4) is 0 Å². The molecule has 87 heavy (non-hydrogen) atoms. The molecule has 35 unspecified atom stereocenters. The summed E-state index contributed by atoms with van der Waals surface area (Å²) in [5.74, 6) is -1.69. The van der Waals surface area contributed by atoms with Crippen LogP contribution in [0.4, 0.5) is 0 Å². The third-order valence-electron chi connectivity index (χ3n) is 23.7. The summed E-state index contributed by atoms with van der Waals surface area (Å²) >= 11 is 0. The highest BCUT2D eigenvalue weighted by atomic mass is 16.8. The van der Waals surface area contributed by atoms with Crippen LogP contribution in [0.1, 0.15) is 120 Å². The molecule has 0 aromatic heterocycles. The number of aliphatic hydroxyl groups excluding tert-OH is 15. The Bertz CT molecular complexity index is 2440. The van der Waals surface area contributed by atoms with Gasteiger partial charge in [0.05, 0.1) is 44.2 Å². The van der Waals surface area contributed by atoms with Crippen molar-refractivity contribution in [2.75, 3.05) is 19.8 Å². The van der Waals surface area contributed by atoms with E-state index in [4.69, 9.17) is 47.4 Å². The van der Waals surface area contributed by atoms with Gasteiger partial charge < -0.3 is 129 Å². The zero-order valence-corrected chi connectivity index (χ0v) is 51.0. The predicted octanol–water partition coefficient (Wildman–Crippen LogP) is -2.62. The Hall–Kier alpha value is -1.79. The molecule has 16 N–H and O–H groups in total. The highest BCUT2D eigenvalue weighted by Crippen LogP contribution is 2.76. The van der Waals surface area contributed by atoms with Gasteiger partial charge in [0.15, 0.2) is 37.6 Å². The minimum absolute atomic E-state index is 0.0427. The maximum Gasteiger partial charge on any atom is 0.335 e. The van der Waals surface area contributed by atoms with E-state index in [-0.39, 0.29) is 40.6 Å². The molecule has 5 aliphatic carbocycles. The smallest absolute Gasteiger partial charge is 0.335 e. The summed E-state index contributed by atoms with van der Waals surface area (Å²) < 4.78 is 61.1. The molecule has 0 radical (unpaired) electrons. The van der Waals surface area contributed by atoms with Crippen molar-refractivity contribution in [1.29, 1.82) is 0 Å². The van der Waals surface area contributed by atoms with Crippen LogP contribution < -0.4 is 0 Å². The molecule has 500 valence electrons. The summed E-state index contributed by atoms with van der Waals surface area (Å²) in [6.07, 6.45) is -34.4.